The number of para-hydroxylation sites is 2. The number of ether oxygens (including phenoxy) is 1. The molecule has 0 aromatic heterocycles. The summed E-state index contributed by atoms with van der Waals surface area (Å²) in [7, 11) is 0. The van der Waals surface area contributed by atoms with E-state index in [1.807, 2.05) is 38.1 Å². The first-order chi connectivity index (χ1) is 12.7. The molecule has 2 aromatic carbocycles. The highest BCUT2D eigenvalue weighted by atomic mass is 16.5. The zero-order valence-corrected chi connectivity index (χ0v) is 15.7. The summed E-state index contributed by atoms with van der Waals surface area (Å²) in [4.78, 5) is 14.8. The normalized spacial score (nSPS) is 14.0. The predicted octanol–water partition coefficient (Wildman–Crippen LogP) is 3.72. The molecule has 0 bridgehead atoms. The van der Waals surface area contributed by atoms with E-state index >= 15 is 0 Å². The van der Waals surface area contributed by atoms with Crippen LogP contribution in [0.1, 0.15) is 30.9 Å². The van der Waals surface area contributed by atoms with E-state index in [9.17, 15) is 4.79 Å². The van der Waals surface area contributed by atoms with Gasteiger partial charge >= 0.3 is 0 Å². The number of rotatable bonds is 8. The molecule has 0 saturated carbocycles. The largest absolute Gasteiger partial charge is 0.480 e. The number of nitrogens with zero attached hydrogens (tertiary/aromatic N) is 1. The van der Waals surface area contributed by atoms with Crippen molar-refractivity contribution in [2.75, 3.05) is 24.5 Å². The van der Waals surface area contributed by atoms with Crippen molar-refractivity contribution >= 4 is 11.6 Å². The average molecular weight is 352 g/mol. The lowest BCUT2D eigenvalue weighted by molar-refractivity contribution is -0.128. The first-order valence-corrected chi connectivity index (χ1v) is 9.52. The van der Waals surface area contributed by atoms with Gasteiger partial charge in [0.2, 0.25) is 0 Å². The molecule has 0 aliphatic carbocycles. The van der Waals surface area contributed by atoms with E-state index in [-0.39, 0.29) is 5.91 Å². The summed E-state index contributed by atoms with van der Waals surface area (Å²) in [6, 6.07) is 16.4. The highest BCUT2D eigenvalue weighted by Gasteiger charge is 2.20. The van der Waals surface area contributed by atoms with E-state index in [1.165, 1.54) is 11.3 Å². The first kappa shape index (κ1) is 18.3. The minimum Gasteiger partial charge on any atom is -0.480 e. The van der Waals surface area contributed by atoms with Gasteiger partial charge in [-0.2, -0.15) is 0 Å². The molecule has 3 rings (SSSR count). The summed E-state index contributed by atoms with van der Waals surface area (Å²) >= 11 is 0. The van der Waals surface area contributed by atoms with Gasteiger partial charge in [-0.25, -0.2) is 0 Å². The number of nitrogens with one attached hydrogen (secondary N) is 1. The number of carbonyl (C=O) groups excluding carboxylic acids is 1. The van der Waals surface area contributed by atoms with Crippen LogP contribution in [-0.4, -0.2) is 31.6 Å². The van der Waals surface area contributed by atoms with Gasteiger partial charge < -0.3 is 15.0 Å². The van der Waals surface area contributed by atoms with Gasteiger partial charge in [-0.3, -0.25) is 4.79 Å². The second kappa shape index (κ2) is 8.75. The van der Waals surface area contributed by atoms with Crippen molar-refractivity contribution in [1.29, 1.82) is 0 Å². The molecule has 26 heavy (non-hydrogen) atoms. The molecule has 1 amide bonds. The highest BCUT2D eigenvalue weighted by Crippen LogP contribution is 2.27. The molecule has 1 N–H and O–H groups in total. The van der Waals surface area contributed by atoms with E-state index < -0.39 is 6.10 Å². The van der Waals surface area contributed by atoms with Crippen LogP contribution >= 0.6 is 0 Å². The predicted molar refractivity (Wildman–Crippen MR) is 106 cm³/mol. The molecule has 1 heterocycles. The summed E-state index contributed by atoms with van der Waals surface area (Å²) in [5, 5.41) is 3.03. The smallest absolute Gasteiger partial charge is 0.261 e. The van der Waals surface area contributed by atoms with Gasteiger partial charge in [0.1, 0.15) is 5.75 Å². The van der Waals surface area contributed by atoms with Crippen LogP contribution in [0.5, 0.6) is 5.75 Å². The third kappa shape index (κ3) is 4.37. The molecule has 4 nitrogen and oxygen atoms in total. The van der Waals surface area contributed by atoms with Crippen LogP contribution in [0.25, 0.3) is 0 Å². The van der Waals surface area contributed by atoms with Gasteiger partial charge in [-0.1, -0.05) is 43.3 Å². The Kier molecular flexibility index (Phi) is 6.16. The number of aryl methyl sites for hydroxylation is 1. The molecule has 138 valence electrons. The summed E-state index contributed by atoms with van der Waals surface area (Å²) < 4.78 is 5.91. The Morgan fingerprint density at radius 1 is 1.19 bits per heavy atom. The van der Waals surface area contributed by atoms with Gasteiger partial charge in [-0.05, 0) is 49.4 Å². The minimum atomic E-state index is -0.441. The molecule has 2 aromatic rings. The van der Waals surface area contributed by atoms with Crippen LogP contribution < -0.4 is 15.0 Å². The SMILES string of the molecule is CC[C@H](Oc1ccccc1C)C(=O)NCCCN1CCc2ccccc21. The maximum absolute atomic E-state index is 12.4. The Hall–Kier alpha value is -2.49. The second-order valence-corrected chi connectivity index (χ2v) is 6.79. The molecule has 4 heteroatoms. The van der Waals surface area contributed by atoms with Gasteiger partial charge in [0.15, 0.2) is 6.10 Å². The molecule has 1 atom stereocenters. The van der Waals surface area contributed by atoms with Crippen LogP contribution in [0.15, 0.2) is 48.5 Å². The Labute approximate surface area is 156 Å². The molecule has 1 aliphatic rings. The number of carbonyl (C=O) groups is 1. The second-order valence-electron chi connectivity index (χ2n) is 6.79. The van der Waals surface area contributed by atoms with Gasteiger partial charge in [-0.15, -0.1) is 0 Å². The topological polar surface area (TPSA) is 41.6 Å². The van der Waals surface area contributed by atoms with E-state index in [0.717, 1.165) is 37.2 Å². The van der Waals surface area contributed by atoms with Gasteiger partial charge in [0, 0.05) is 25.3 Å². The number of benzene rings is 2. The van der Waals surface area contributed by atoms with Gasteiger partial charge in [0.05, 0.1) is 0 Å². The summed E-state index contributed by atoms with van der Waals surface area (Å²) in [6.45, 7) is 6.68. The zero-order valence-electron chi connectivity index (χ0n) is 15.7. The van der Waals surface area contributed by atoms with E-state index in [0.29, 0.717) is 13.0 Å². The highest BCUT2D eigenvalue weighted by molar-refractivity contribution is 5.81. The van der Waals surface area contributed by atoms with Gasteiger partial charge in [0.25, 0.3) is 5.91 Å². The lowest BCUT2D eigenvalue weighted by Crippen LogP contribution is -2.39. The van der Waals surface area contributed by atoms with Crippen molar-refractivity contribution in [3.05, 3.63) is 59.7 Å². The van der Waals surface area contributed by atoms with Crippen LogP contribution in [-0.2, 0) is 11.2 Å². The molecule has 0 unspecified atom stereocenters. The number of fused-ring (bicyclic) bond motifs is 1. The van der Waals surface area contributed by atoms with Crippen molar-refractivity contribution in [1.82, 2.24) is 5.32 Å². The number of hydrogen-bond donors (Lipinski definition) is 1. The quantitative estimate of drug-likeness (QED) is 0.736. The fourth-order valence-electron chi connectivity index (χ4n) is 3.40. The lowest BCUT2D eigenvalue weighted by Gasteiger charge is -2.21. The number of amides is 1. The first-order valence-electron chi connectivity index (χ1n) is 9.52. The molecular formula is C22H28N2O2. The maximum Gasteiger partial charge on any atom is 0.261 e. The van der Waals surface area contributed by atoms with Crippen molar-refractivity contribution in [3.8, 4) is 5.75 Å². The fourth-order valence-corrected chi connectivity index (χ4v) is 3.40. The Morgan fingerprint density at radius 2 is 1.96 bits per heavy atom. The van der Waals surface area contributed by atoms with E-state index in [1.54, 1.807) is 0 Å². The summed E-state index contributed by atoms with van der Waals surface area (Å²) in [6.07, 6.45) is 2.26. The Bertz CT molecular complexity index is 744. The molecule has 0 saturated heterocycles. The monoisotopic (exact) mass is 352 g/mol. The van der Waals surface area contributed by atoms with Crippen LogP contribution in [0.4, 0.5) is 5.69 Å². The number of hydrogen-bond acceptors (Lipinski definition) is 3. The molecule has 0 spiro atoms. The standard InChI is InChI=1S/C22H28N2O2/c1-3-20(26-21-12-7-4-9-17(21)2)22(25)23-14-8-15-24-16-13-18-10-5-6-11-19(18)24/h4-7,9-12,20H,3,8,13-16H2,1-2H3,(H,23,25)/t20-/m0/s1. The minimum absolute atomic E-state index is 0.0300. The third-order valence-electron chi connectivity index (χ3n) is 4.91. The average Bonchev–Trinajstić information content (AvgIpc) is 3.07. The summed E-state index contributed by atoms with van der Waals surface area (Å²) in [5.41, 5.74) is 3.81. The van der Waals surface area contributed by atoms with E-state index in [4.69, 9.17) is 4.74 Å². The fraction of sp³-hybridized carbons (Fsp3) is 0.409. The zero-order chi connectivity index (χ0) is 18.4. The van der Waals surface area contributed by atoms with Crippen LogP contribution in [0.3, 0.4) is 0 Å². The van der Waals surface area contributed by atoms with Crippen molar-refractivity contribution in [3.63, 3.8) is 0 Å². The number of anilines is 1. The van der Waals surface area contributed by atoms with Crippen molar-refractivity contribution in [2.45, 2.75) is 39.2 Å². The molecule has 0 fully saturated rings. The molecule has 1 aliphatic heterocycles. The maximum atomic E-state index is 12.4. The van der Waals surface area contributed by atoms with Crippen molar-refractivity contribution < 1.29 is 9.53 Å². The molecular weight excluding hydrogens is 324 g/mol. The lowest BCUT2D eigenvalue weighted by atomic mass is 10.2. The van der Waals surface area contributed by atoms with Crippen LogP contribution in [0.2, 0.25) is 0 Å². The van der Waals surface area contributed by atoms with E-state index in [2.05, 4.69) is 34.5 Å². The summed E-state index contributed by atoms with van der Waals surface area (Å²) in [5.74, 6) is 0.751. The Balaban J connectivity index is 1.44. The van der Waals surface area contributed by atoms with Crippen LogP contribution in [0, 0.1) is 6.92 Å². The third-order valence-corrected chi connectivity index (χ3v) is 4.91. The molecule has 0 radical (unpaired) electrons. The van der Waals surface area contributed by atoms with Crippen molar-refractivity contribution in [2.24, 2.45) is 0 Å². The Morgan fingerprint density at radius 3 is 2.77 bits per heavy atom.